The van der Waals surface area contributed by atoms with Gasteiger partial charge in [-0.25, -0.2) is 0 Å². The summed E-state index contributed by atoms with van der Waals surface area (Å²) in [6.07, 6.45) is 8.85. The van der Waals surface area contributed by atoms with Crippen LogP contribution in [0.4, 0.5) is 0 Å². The summed E-state index contributed by atoms with van der Waals surface area (Å²) in [5.41, 5.74) is 0. The van der Waals surface area contributed by atoms with Gasteiger partial charge < -0.3 is 5.32 Å². The van der Waals surface area contributed by atoms with Crippen LogP contribution in [-0.4, -0.2) is 37.1 Å². The van der Waals surface area contributed by atoms with Crippen molar-refractivity contribution in [3.63, 3.8) is 0 Å². The third-order valence-corrected chi connectivity index (χ3v) is 4.77. The molecule has 0 aromatic rings. The van der Waals surface area contributed by atoms with Crippen molar-refractivity contribution in [2.24, 2.45) is 11.8 Å². The molecular formula is C13H25ClN2. The highest BCUT2D eigenvalue weighted by atomic mass is 35.5. The van der Waals surface area contributed by atoms with Crippen LogP contribution >= 0.6 is 12.4 Å². The summed E-state index contributed by atoms with van der Waals surface area (Å²) in [4.78, 5) is 2.81. The minimum atomic E-state index is 0. The topological polar surface area (TPSA) is 15.3 Å². The van der Waals surface area contributed by atoms with Crippen LogP contribution in [-0.2, 0) is 0 Å². The number of piperidine rings is 1. The van der Waals surface area contributed by atoms with Gasteiger partial charge in [-0.05, 0) is 63.6 Å². The highest BCUT2D eigenvalue weighted by molar-refractivity contribution is 5.85. The average molecular weight is 245 g/mol. The molecule has 1 aliphatic carbocycles. The number of nitrogens with zero attached hydrogens (tertiary/aromatic N) is 1. The van der Waals surface area contributed by atoms with Gasteiger partial charge in [-0.15, -0.1) is 12.4 Å². The number of halogens is 1. The van der Waals surface area contributed by atoms with E-state index in [1.54, 1.807) is 0 Å². The van der Waals surface area contributed by atoms with Crippen LogP contribution in [0.2, 0.25) is 0 Å². The number of hydrogen-bond donors (Lipinski definition) is 1. The van der Waals surface area contributed by atoms with Gasteiger partial charge >= 0.3 is 0 Å². The lowest BCUT2D eigenvalue weighted by atomic mass is 9.98. The molecule has 3 heteroatoms. The summed E-state index contributed by atoms with van der Waals surface area (Å²) in [5, 5.41) is 3.54. The largest absolute Gasteiger partial charge is 0.316 e. The first-order valence-electron chi connectivity index (χ1n) is 6.88. The molecule has 3 atom stereocenters. The molecule has 1 N–H and O–H groups in total. The third-order valence-electron chi connectivity index (χ3n) is 4.77. The van der Waals surface area contributed by atoms with E-state index >= 15 is 0 Å². The summed E-state index contributed by atoms with van der Waals surface area (Å²) in [7, 11) is 0. The smallest absolute Gasteiger partial charge is 0.0124 e. The molecule has 94 valence electrons. The predicted molar refractivity (Wildman–Crippen MR) is 70.2 cm³/mol. The van der Waals surface area contributed by atoms with E-state index < -0.39 is 0 Å². The quantitative estimate of drug-likeness (QED) is 0.802. The zero-order valence-corrected chi connectivity index (χ0v) is 11.0. The number of nitrogens with one attached hydrogen (secondary N) is 1. The SMILES string of the molecule is C1CNCC(CN2CCC3CCCC32)C1.Cl. The minimum Gasteiger partial charge on any atom is -0.316 e. The highest BCUT2D eigenvalue weighted by Crippen LogP contribution is 2.38. The summed E-state index contributed by atoms with van der Waals surface area (Å²) in [6.45, 7) is 5.30. The Morgan fingerprint density at radius 3 is 2.81 bits per heavy atom. The molecule has 0 bridgehead atoms. The molecule has 1 saturated carbocycles. The van der Waals surface area contributed by atoms with Crippen molar-refractivity contribution in [1.29, 1.82) is 0 Å². The van der Waals surface area contributed by atoms with Gasteiger partial charge in [0.25, 0.3) is 0 Å². The number of rotatable bonds is 2. The second-order valence-electron chi connectivity index (χ2n) is 5.75. The fourth-order valence-electron chi connectivity index (χ4n) is 3.97. The van der Waals surface area contributed by atoms with Gasteiger partial charge in [0.2, 0.25) is 0 Å². The summed E-state index contributed by atoms with van der Waals surface area (Å²) < 4.78 is 0. The standard InChI is InChI=1S/C13H24N2.ClH/c1-4-12-6-8-15(13(12)5-1)10-11-3-2-7-14-9-11;/h11-14H,1-10H2;1H. The Balaban J connectivity index is 0.000000963. The maximum atomic E-state index is 3.54. The van der Waals surface area contributed by atoms with Crippen LogP contribution < -0.4 is 5.32 Å². The van der Waals surface area contributed by atoms with E-state index in [2.05, 4.69) is 10.2 Å². The summed E-state index contributed by atoms with van der Waals surface area (Å²) in [6, 6.07) is 0.979. The number of likely N-dealkylation sites (tertiary alicyclic amines) is 1. The average Bonchev–Trinajstić information content (AvgIpc) is 2.85. The van der Waals surface area contributed by atoms with Crippen LogP contribution in [0.3, 0.4) is 0 Å². The Kier molecular flexibility index (Phi) is 4.51. The van der Waals surface area contributed by atoms with Gasteiger partial charge in [0.1, 0.15) is 0 Å². The first-order chi connectivity index (χ1) is 7.43. The first kappa shape index (κ1) is 12.7. The Hall–Kier alpha value is 0.210. The van der Waals surface area contributed by atoms with E-state index in [0.29, 0.717) is 0 Å². The van der Waals surface area contributed by atoms with Gasteiger partial charge in [0.15, 0.2) is 0 Å². The predicted octanol–water partition coefficient (Wildman–Crippen LogP) is 2.28. The van der Waals surface area contributed by atoms with Crippen molar-refractivity contribution in [2.45, 2.75) is 44.6 Å². The number of fused-ring (bicyclic) bond motifs is 1. The molecule has 0 aromatic heterocycles. The molecule has 3 unspecified atom stereocenters. The van der Waals surface area contributed by atoms with E-state index in [0.717, 1.165) is 17.9 Å². The Morgan fingerprint density at radius 1 is 1.06 bits per heavy atom. The molecule has 0 spiro atoms. The molecule has 2 saturated heterocycles. The normalized spacial score (nSPS) is 39.4. The van der Waals surface area contributed by atoms with Gasteiger partial charge in [-0.1, -0.05) is 6.42 Å². The Labute approximate surface area is 106 Å². The zero-order chi connectivity index (χ0) is 10.1. The van der Waals surface area contributed by atoms with Crippen molar-refractivity contribution in [1.82, 2.24) is 10.2 Å². The zero-order valence-electron chi connectivity index (χ0n) is 10.2. The fraction of sp³-hybridized carbons (Fsp3) is 1.00. The second kappa shape index (κ2) is 5.70. The Bertz CT molecular complexity index is 216. The fourth-order valence-corrected chi connectivity index (χ4v) is 3.97. The monoisotopic (exact) mass is 244 g/mol. The van der Waals surface area contributed by atoms with Crippen LogP contribution in [0.25, 0.3) is 0 Å². The van der Waals surface area contributed by atoms with Gasteiger partial charge in [-0.2, -0.15) is 0 Å². The molecule has 3 fully saturated rings. The molecule has 3 aliphatic rings. The molecule has 0 radical (unpaired) electrons. The van der Waals surface area contributed by atoms with E-state index in [1.165, 1.54) is 64.7 Å². The third kappa shape index (κ3) is 2.55. The Morgan fingerprint density at radius 2 is 2.00 bits per heavy atom. The van der Waals surface area contributed by atoms with Crippen LogP contribution in [0.1, 0.15) is 38.5 Å². The summed E-state index contributed by atoms with van der Waals surface area (Å²) in [5.74, 6) is 2.01. The molecule has 0 aromatic carbocycles. The highest BCUT2D eigenvalue weighted by Gasteiger charge is 2.37. The van der Waals surface area contributed by atoms with E-state index in [4.69, 9.17) is 0 Å². The van der Waals surface area contributed by atoms with Crippen molar-refractivity contribution in [2.75, 3.05) is 26.2 Å². The molecule has 2 aliphatic heterocycles. The molecule has 0 amide bonds. The van der Waals surface area contributed by atoms with Gasteiger partial charge in [0, 0.05) is 12.6 Å². The first-order valence-corrected chi connectivity index (χ1v) is 6.88. The lowest BCUT2D eigenvalue weighted by molar-refractivity contribution is 0.186. The van der Waals surface area contributed by atoms with Crippen LogP contribution in [0.15, 0.2) is 0 Å². The van der Waals surface area contributed by atoms with Crippen LogP contribution in [0.5, 0.6) is 0 Å². The summed E-state index contributed by atoms with van der Waals surface area (Å²) >= 11 is 0. The lowest BCUT2D eigenvalue weighted by Gasteiger charge is -2.30. The molecule has 16 heavy (non-hydrogen) atoms. The van der Waals surface area contributed by atoms with Crippen molar-refractivity contribution in [3.05, 3.63) is 0 Å². The molecular weight excluding hydrogens is 220 g/mol. The van der Waals surface area contributed by atoms with E-state index in [9.17, 15) is 0 Å². The van der Waals surface area contributed by atoms with Crippen molar-refractivity contribution < 1.29 is 0 Å². The molecule has 3 rings (SSSR count). The number of hydrogen-bond acceptors (Lipinski definition) is 2. The minimum absolute atomic E-state index is 0. The van der Waals surface area contributed by atoms with Crippen LogP contribution in [0, 0.1) is 11.8 Å². The van der Waals surface area contributed by atoms with Crippen molar-refractivity contribution in [3.8, 4) is 0 Å². The second-order valence-corrected chi connectivity index (χ2v) is 5.75. The van der Waals surface area contributed by atoms with Gasteiger partial charge in [0.05, 0.1) is 0 Å². The lowest BCUT2D eigenvalue weighted by Crippen LogP contribution is -2.40. The molecule has 2 heterocycles. The maximum absolute atomic E-state index is 3.54. The van der Waals surface area contributed by atoms with Crippen molar-refractivity contribution >= 4 is 12.4 Å². The molecule has 2 nitrogen and oxygen atoms in total. The van der Waals surface area contributed by atoms with E-state index in [-0.39, 0.29) is 12.4 Å². The van der Waals surface area contributed by atoms with E-state index in [1.807, 2.05) is 0 Å². The maximum Gasteiger partial charge on any atom is 0.0124 e. The van der Waals surface area contributed by atoms with Gasteiger partial charge in [-0.3, -0.25) is 4.90 Å².